The zero-order valence-electron chi connectivity index (χ0n) is 11.3. The molecule has 3 N–H and O–H groups in total. The number of hydrazine groups is 1. The second-order valence-electron chi connectivity index (χ2n) is 5.48. The molecule has 0 unspecified atom stereocenters. The molecule has 1 heterocycles. The lowest BCUT2D eigenvalue weighted by molar-refractivity contribution is -0.118. The van der Waals surface area contributed by atoms with Crippen molar-refractivity contribution in [3.05, 3.63) is 16.0 Å². The molecule has 0 fully saturated rings. The number of Topliss-reactive ketones (excluding diaryl/α,β-unsaturated/α-hetero) is 1. The number of rotatable bonds is 3. The van der Waals surface area contributed by atoms with Crippen molar-refractivity contribution in [2.75, 3.05) is 5.75 Å². The summed E-state index contributed by atoms with van der Waals surface area (Å²) in [6.45, 7) is 4.06. The standard InChI is InChI=1S/C13H15N3O2S2/c1-13(2)3-7-9(5-14)20-12(11(7)8(17)4-13)19-6-10(18)16-15/h3-4,6,15H2,1-2H3,(H,16,18). The predicted molar refractivity (Wildman–Crippen MR) is 78.5 cm³/mol. The minimum Gasteiger partial charge on any atom is -0.294 e. The lowest BCUT2D eigenvalue weighted by atomic mass is 9.74. The Labute approximate surface area is 125 Å². The van der Waals surface area contributed by atoms with Crippen molar-refractivity contribution in [2.45, 2.75) is 30.9 Å². The van der Waals surface area contributed by atoms with Crippen LogP contribution in [0.25, 0.3) is 0 Å². The van der Waals surface area contributed by atoms with Gasteiger partial charge in [-0.3, -0.25) is 15.0 Å². The van der Waals surface area contributed by atoms with Crippen molar-refractivity contribution in [3.63, 3.8) is 0 Å². The highest BCUT2D eigenvalue weighted by molar-refractivity contribution is 8.01. The van der Waals surface area contributed by atoms with Crippen LogP contribution in [-0.2, 0) is 11.2 Å². The molecule has 1 aliphatic carbocycles. The molecule has 1 aromatic heterocycles. The molecule has 20 heavy (non-hydrogen) atoms. The fourth-order valence-corrected chi connectivity index (χ4v) is 4.58. The number of hydrogen-bond donors (Lipinski definition) is 2. The van der Waals surface area contributed by atoms with Gasteiger partial charge in [0.25, 0.3) is 0 Å². The maximum Gasteiger partial charge on any atom is 0.244 e. The van der Waals surface area contributed by atoms with Gasteiger partial charge in [-0.15, -0.1) is 23.1 Å². The molecule has 0 atom stereocenters. The average Bonchev–Trinajstić information content (AvgIpc) is 2.72. The molecule has 0 aliphatic heterocycles. The van der Waals surface area contributed by atoms with Crippen LogP contribution in [0.2, 0.25) is 0 Å². The molecule has 7 heteroatoms. The maximum absolute atomic E-state index is 12.3. The van der Waals surface area contributed by atoms with E-state index >= 15 is 0 Å². The van der Waals surface area contributed by atoms with Crippen LogP contribution >= 0.6 is 23.1 Å². The van der Waals surface area contributed by atoms with E-state index in [1.54, 1.807) is 0 Å². The van der Waals surface area contributed by atoms with E-state index in [1.807, 2.05) is 13.8 Å². The van der Waals surface area contributed by atoms with Gasteiger partial charge in [0.2, 0.25) is 5.91 Å². The van der Waals surface area contributed by atoms with Gasteiger partial charge in [0, 0.05) is 12.0 Å². The van der Waals surface area contributed by atoms with E-state index in [0.717, 1.165) is 16.2 Å². The molecule has 1 aromatic rings. The molecule has 1 aliphatic rings. The molecule has 5 nitrogen and oxygen atoms in total. The second-order valence-corrected chi connectivity index (χ2v) is 7.75. The molecule has 0 radical (unpaired) electrons. The number of ketones is 1. The first-order valence-electron chi connectivity index (χ1n) is 6.09. The fraction of sp³-hybridized carbons (Fsp3) is 0.462. The number of carbonyl (C=O) groups excluding carboxylic acids is 2. The third-order valence-electron chi connectivity index (χ3n) is 3.14. The number of nitrogens with one attached hydrogen (secondary N) is 1. The second kappa shape index (κ2) is 5.56. The minimum absolute atomic E-state index is 0.0599. The van der Waals surface area contributed by atoms with Gasteiger partial charge in [0.05, 0.1) is 9.96 Å². The molecule has 0 spiro atoms. The Bertz CT molecular complexity index is 614. The average molecular weight is 309 g/mol. The van der Waals surface area contributed by atoms with Gasteiger partial charge < -0.3 is 0 Å². The Morgan fingerprint density at radius 3 is 2.85 bits per heavy atom. The number of thioether (sulfide) groups is 1. The van der Waals surface area contributed by atoms with E-state index in [-0.39, 0.29) is 22.9 Å². The zero-order valence-corrected chi connectivity index (χ0v) is 12.9. The van der Waals surface area contributed by atoms with Crippen molar-refractivity contribution in [1.29, 1.82) is 5.26 Å². The number of thiophene rings is 1. The highest BCUT2D eigenvalue weighted by Crippen LogP contribution is 2.44. The summed E-state index contributed by atoms with van der Waals surface area (Å²) in [4.78, 5) is 24.1. The quantitative estimate of drug-likeness (QED) is 0.384. The van der Waals surface area contributed by atoms with Crippen LogP contribution in [0.3, 0.4) is 0 Å². The van der Waals surface area contributed by atoms with Crippen molar-refractivity contribution in [2.24, 2.45) is 11.3 Å². The van der Waals surface area contributed by atoms with Crippen molar-refractivity contribution in [1.82, 2.24) is 5.43 Å². The predicted octanol–water partition coefficient (Wildman–Crippen LogP) is 1.86. The van der Waals surface area contributed by atoms with E-state index in [9.17, 15) is 14.9 Å². The van der Waals surface area contributed by atoms with Crippen molar-refractivity contribution < 1.29 is 9.59 Å². The van der Waals surface area contributed by atoms with Crippen LogP contribution in [0.15, 0.2) is 4.21 Å². The smallest absolute Gasteiger partial charge is 0.244 e. The topological polar surface area (TPSA) is 96.0 Å². The Kier molecular flexibility index (Phi) is 4.18. The molecular weight excluding hydrogens is 294 g/mol. The van der Waals surface area contributed by atoms with Crippen LogP contribution in [0.1, 0.15) is 41.1 Å². The Balaban J connectivity index is 2.37. The lowest BCUT2D eigenvalue weighted by Crippen LogP contribution is -2.31. The lowest BCUT2D eigenvalue weighted by Gasteiger charge is -2.28. The van der Waals surface area contributed by atoms with Gasteiger partial charge >= 0.3 is 0 Å². The number of nitriles is 1. The van der Waals surface area contributed by atoms with E-state index in [2.05, 4.69) is 11.5 Å². The molecule has 0 bridgehead atoms. The number of nitrogens with two attached hydrogens (primary N) is 1. The first-order chi connectivity index (χ1) is 9.38. The molecular formula is C13H15N3O2S2. The third kappa shape index (κ3) is 2.87. The van der Waals surface area contributed by atoms with Gasteiger partial charge in [0.15, 0.2) is 5.78 Å². The Morgan fingerprint density at radius 2 is 2.25 bits per heavy atom. The molecule has 1 amide bonds. The van der Waals surface area contributed by atoms with E-state index < -0.39 is 0 Å². The SMILES string of the molecule is CC1(C)CC(=O)c2c(SCC(=O)NN)sc(C#N)c2C1. The van der Waals surface area contributed by atoms with E-state index in [4.69, 9.17) is 5.84 Å². The van der Waals surface area contributed by atoms with Gasteiger partial charge in [-0.25, -0.2) is 5.84 Å². The third-order valence-corrected chi connectivity index (χ3v) is 5.55. The highest BCUT2D eigenvalue weighted by atomic mass is 32.2. The number of hydrogen-bond acceptors (Lipinski definition) is 6. The van der Waals surface area contributed by atoms with Crippen molar-refractivity contribution >= 4 is 34.8 Å². The van der Waals surface area contributed by atoms with Crippen LogP contribution in [-0.4, -0.2) is 17.4 Å². The summed E-state index contributed by atoms with van der Waals surface area (Å²) in [6, 6.07) is 2.16. The van der Waals surface area contributed by atoms with Crippen LogP contribution < -0.4 is 11.3 Å². The summed E-state index contributed by atoms with van der Waals surface area (Å²) in [5, 5.41) is 9.23. The normalized spacial score (nSPS) is 16.4. The van der Waals surface area contributed by atoms with Crippen LogP contribution in [0, 0.1) is 16.7 Å². The summed E-state index contributed by atoms with van der Waals surface area (Å²) in [5.74, 6) is 4.94. The largest absolute Gasteiger partial charge is 0.294 e. The first-order valence-corrected chi connectivity index (χ1v) is 7.89. The number of fused-ring (bicyclic) bond motifs is 1. The van der Waals surface area contributed by atoms with Gasteiger partial charge in [-0.2, -0.15) is 5.26 Å². The molecule has 0 saturated carbocycles. The number of amides is 1. The molecule has 2 rings (SSSR count). The number of nitrogens with zero attached hydrogens (tertiary/aromatic N) is 1. The van der Waals surface area contributed by atoms with Crippen LogP contribution in [0.4, 0.5) is 0 Å². The Hall–Kier alpha value is -1.36. The van der Waals surface area contributed by atoms with Gasteiger partial charge in [-0.1, -0.05) is 13.8 Å². The summed E-state index contributed by atoms with van der Waals surface area (Å²) < 4.78 is 0.751. The zero-order chi connectivity index (χ0) is 14.9. The van der Waals surface area contributed by atoms with Crippen LogP contribution in [0.5, 0.6) is 0 Å². The number of carbonyl (C=O) groups is 2. The molecule has 0 saturated heterocycles. The highest BCUT2D eigenvalue weighted by Gasteiger charge is 2.36. The minimum atomic E-state index is -0.306. The maximum atomic E-state index is 12.3. The van der Waals surface area contributed by atoms with E-state index in [0.29, 0.717) is 16.9 Å². The van der Waals surface area contributed by atoms with Gasteiger partial charge in [-0.05, 0) is 17.4 Å². The van der Waals surface area contributed by atoms with E-state index in [1.165, 1.54) is 23.1 Å². The molecule has 0 aromatic carbocycles. The fourth-order valence-electron chi connectivity index (χ4n) is 2.32. The first kappa shape index (κ1) is 15.0. The summed E-state index contributed by atoms with van der Waals surface area (Å²) in [7, 11) is 0. The summed E-state index contributed by atoms with van der Waals surface area (Å²) in [5.41, 5.74) is 3.42. The summed E-state index contributed by atoms with van der Waals surface area (Å²) in [6.07, 6.45) is 1.19. The molecule has 106 valence electrons. The van der Waals surface area contributed by atoms with Crippen molar-refractivity contribution in [3.8, 4) is 6.07 Å². The van der Waals surface area contributed by atoms with Gasteiger partial charge in [0.1, 0.15) is 10.9 Å². The summed E-state index contributed by atoms with van der Waals surface area (Å²) >= 11 is 2.55. The monoisotopic (exact) mass is 309 g/mol. The Morgan fingerprint density at radius 1 is 1.55 bits per heavy atom.